The van der Waals surface area contributed by atoms with E-state index in [1.165, 1.54) is 19.3 Å². The first-order valence-corrected chi connectivity index (χ1v) is 6.94. The van der Waals surface area contributed by atoms with Crippen molar-refractivity contribution in [3.63, 3.8) is 0 Å². The van der Waals surface area contributed by atoms with E-state index >= 15 is 0 Å². The largest absolute Gasteiger partial charge is 0.365 e. The number of aromatic amines is 1. The van der Waals surface area contributed by atoms with Crippen molar-refractivity contribution in [2.75, 3.05) is 5.32 Å². The summed E-state index contributed by atoms with van der Waals surface area (Å²) >= 11 is 0. The van der Waals surface area contributed by atoms with E-state index in [0.717, 1.165) is 22.9 Å². The van der Waals surface area contributed by atoms with Gasteiger partial charge in [-0.3, -0.25) is 0 Å². The van der Waals surface area contributed by atoms with E-state index in [9.17, 15) is 0 Å². The summed E-state index contributed by atoms with van der Waals surface area (Å²) in [5.41, 5.74) is 2.02. The van der Waals surface area contributed by atoms with Gasteiger partial charge in [-0.1, -0.05) is 20.8 Å². The Bertz CT molecular complexity index is 574. The lowest BCUT2D eigenvalue weighted by atomic mass is 9.70. The Balaban J connectivity index is 1.83. The van der Waals surface area contributed by atoms with E-state index in [1.54, 1.807) is 12.7 Å². The van der Waals surface area contributed by atoms with Crippen LogP contribution < -0.4 is 5.32 Å². The first-order chi connectivity index (χ1) is 9.03. The van der Waals surface area contributed by atoms with Gasteiger partial charge in [-0.2, -0.15) is 0 Å². The second-order valence-electron chi connectivity index (χ2n) is 6.58. The molecule has 2 heterocycles. The topological polar surface area (TPSA) is 66.5 Å². The number of aromatic nitrogens is 4. The zero-order chi connectivity index (χ0) is 13.5. The summed E-state index contributed by atoms with van der Waals surface area (Å²) in [4.78, 5) is 15.8. The van der Waals surface area contributed by atoms with Gasteiger partial charge in [0.25, 0.3) is 0 Å². The van der Waals surface area contributed by atoms with E-state index in [4.69, 9.17) is 0 Å². The second-order valence-corrected chi connectivity index (χ2v) is 6.58. The second kappa shape index (κ2) is 4.47. The molecule has 1 aliphatic carbocycles. The zero-order valence-corrected chi connectivity index (χ0v) is 11.8. The fourth-order valence-electron chi connectivity index (χ4n) is 3.52. The first kappa shape index (κ1) is 12.4. The van der Waals surface area contributed by atoms with Crippen LogP contribution in [0.2, 0.25) is 0 Å². The highest BCUT2D eigenvalue weighted by molar-refractivity contribution is 5.82. The number of imidazole rings is 1. The molecule has 2 aromatic heterocycles. The van der Waals surface area contributed by atoms with Gasteiger partial charge in [0.05, 0.1) is 6.33 Å². The molecule has 102 valence electrons. The third-order valence-corrected chi connectivity index (χ3v) is 3.95. The molecule has 1 saturated carbocycles. The summed E-state index contributed by atoms with van der Waals surface area (Å²) in [7, 11) is 0. The first-order valence-electron chi connectivity index (χ1n) is 6.94. The quantitative estimate of drug-likeness (QED) is 0.870. The summed E-state index contributed by atoms with van der Waals surface area (Å²) in [6.45, 7) is 7.04. The van der Waals surface area contributed by atoms with Crippen LogP contribution in [0.4, 0.5) is 5.82 Å². The molecule has 5 nitrogen and oxygen atoms in total. The lowest BCUT2D eigenvalue weighted by Crippen LogP contribution is -2.35. The van der Waals surface area contributed by atoms with Gasteiger partial charge < -0.3 is 10.3 Å². The van der Waals surface area contributed by atoms with E-state index in [0.29, 0.717) is 11.5 Å². The molecule has 1 fully saturated rings. The molecule has 0 saturated heterocycles. The standard InChI is InChI=1S/C14H21N5/c1-9-4-10(6-14(2,3)5-9)19-13-11-12(16-7-15-11)17-8-18-13/h7-10H,4-6H2,1-3H3,(H2,15,16,17,18,19)/t9-,10-/m1/s1. The molecule has 0 amide bonds. The van der Waals surface area contributed by atoms with Gasteiger partial charge in [0.2, 0.25) is 0 Å². The Morgan fingerprint density at radius 3 is 2.89 bits per heavy atom. The predicted octanol–water partition coefficient (Wildman–Crippen LogP) is 2.98. The minimum atomic E-state index is 0.398. The third kappa shape index (κ3) is 2.55. The average Bonchev–Trinajstić information content (AvgIpc) is 2.75. The third-order valence-electron chi connectivity index (χ3n) is 3.95. The minimum Gasteiger partial charge on any atom is -0.365 e. The highest BCUT2D eigenvalue weighted by atomic mass is 15.1. The number of nitrogens with zero attached hydrogens (tertiary/aromatic N) is 3. The van der Waals surface area contributed by atoms with Crippen molar-refractivity contribution in [2.45, 2.75) is 46.1 Å². The van der Waals surface area contributed by atoms with Crippen LogP contribution in [0.15, 0.2) is 12.7 Å². The van der Waals surface area contributed by atoms with Gasteiger partial charge >= 0.3 is 0 Å². The molecule has 5 heteroatoms. The molecule has 0 spiro atoms. The number of hydrogen-bond acceptors (Lipinski definition) is 4. The minimum absolute atomic E-state index is 0.398. The molecule has 0 bridgehead atoms. The molecular weight excluding hydrogens is 238 g/mol. The molecule has 2 aromatic rings. The molecule has 2 atom stereocenters. The highest BCUT2D eigenvalue weighted by Gasteiger charge is 2.32. The highest BCUT2D eigenvalue weighted by Crippen LogP contribution is 2.39. The lowest BCUT2D eigenvalue weighted by Gasteiger charge is -2.39. The fourth-order valence-corrected chi connectivity index (χ4v) is 3.52. The van der Waals surface area contributed by atoms with Crippen molar-refractivity contribution < 1.29 is 0 Å². The van der Waals surface area contributed by atoms with Gasteiger partial charge in [-0.05, 0) is 30.6 Å². The van der Waals surface area contributed by atoms with Crippen LogP contribution in [0, 0.1) is 11.3 Å². The summed E-state index contributed by atoms with van der Waals surface area (Å²) in [6.07, 6.45) is 6.91. The van der Waals surface area contributed by atoms with Gasteiger partial charge in [0.1, 0.15) is 11.8 Å². The number of nitrogens with one attached hydrogen (secondary N) is 2. The van der Waals surface area contributed by atoms with Crippen LogP contribution in [0.5, 0.6) is 0 Å². The Kier molecular flexibility index (Phi) is 2.92. The predicted molar refractivity (Wildman–Crippen MR) is 75.9 cm³/mol. The fraction of sp³-hybridized carbons (Fsp3) is 0.643. The van der Waals surface area contributed by atoms with E-state index < -0.39 is 0 Å². The Labute approximate surface area is 113 Å². The molecule has 3 rings (SSSR count). The SMILES string of the molecule is C[C@@H]1C[C@@H](Nc2ncnc3nc[nH]c23)CC(C)(C)C1. The maximum atomic E-state index is 4.35. The number of H-pyrrole nitrogens is 1. The summed E-state index contributed by atoms with van der Waals surface area (Å²) in [6, 6.07) is 0.472. The molecule has 0 radical (unpaired) electrons. The number of rotatable bonds is 2. The molecule has 0 aromatic carbocycles. The maximum absolute atomic E-state index is 4.35. The van der Waals surface area contributed by atoms with Crippen LogP contribution in [-0.2, 0) is 0 Å². The Morgan fingerprint density at radius 1 is 1.26 bits per heavy atom. The van der Waals surface area contributed by atoms with Crippen LogP contribution in [0.25, 0.3) is 11.2 Å². The van der Waals surface area contributed by atoms with Crippen molar-refractivity contribution >= 4 is 17.0 Å². The number of fused-ring (bicyclic) bond motifs is 1. The normalized spacial score (nSPS) is 26.5. The molecule has 1 aliphatic rings. The van der Waals surface area contributed by atoms with E-state index in [1.807, 2.05) is 0 Å². The summed E-state index contributed by atoms with van der Waals surface area (Å²) in [5, 5.41) is 3.57. The van der Waals surface area contributed by atoms with Crippen LogP contribution in [-0.4, -0.2) is 26.0 Å². The molecular formula is C14H21N5. The van der Waals surface area contributed by atoms with Gasteiger partial charge in [-0.25, -0.2) is 15.0 Å². The number of anilines is 1. The molecule has 2 N–H and O–H groups in total. The molecule has 0 aliphatic heterocycles. The smallest absolute Gasteiger partial charge is 0.182 e. The molecule has 0 unspecified atom stereocenters. The Morgan fingerprint density at radius 2 is 2.11 bits per heavy atom. The summed E-state index contributed by atoms with van der Waals surface area (Å²) in [5.74, 6) is 1.62. The van der Waals surface area contributed by atoms with Gasteiger partial charge in [0, 0.05) is 6.04 Å². The van der Waals surface area contributed by atoms with Crippen molar-refractivity contribution in [3.05, 3.63) is 12.7 Å². The maximum Gasteiger partial charge on any atom is 0.182 e. The van der Waals surface area contributed by atoms with E-state index in [2.05, 4.69) is 46.0 Å². The summed E-state index contributed by atoms with van der Waals surface area (Å²) < 4.78 is 0. The van der Waals surface area contributed by atoms with Crippen molar-refractivity contribution in [1.29, 1.82) is 0 Å². The van der Waals surface area contributed by atoms with Gasteiger partial charge in [0.15, 0.2) is 11.5 Å². The monoisotopic (exact) mass is 259 g/mol. The van der Waals surface area contributed by atoms with Crippen LogP contribution >= 0.6 is 0 Å². The average molecular weight is 259 g/mol. The van der Waals surface area contributed by atoms with Crippen LogP contribution in [0.3, 0.4) is 0 Å². The van der Waals surface area contributed by atoms with Crippen molar-refractivity contribution in [3.8, 4) is 0 Å². The van der Waals surface area contributed by atoms with Crippen molar-refractivity contribution in [2.24, 2.45) is 11.3 Å². The van der Waals surface area contributed by atoms with Crippen molar-refractivity contribution in [1.82, 2.24) is 19.9 Å². The zero-order valence-electron chi connectivity index (χ0n) is 11.8. The molecule has 19 heavy (non-hydrogen) atoms. The Hall–Kier alpha value is -1.65. The van der Waals surface area contributed by atoms with Gasteiger partial charge in [-0.15, -0.1) is 0 Å². The van der Waals surface area contributed by atoms with Crippen LogP contribution in [0.1, 0.15) is 40.0 Å². The lowest BCUT2D eigenvalue weighted by molar-refractivity contribution is 0.178. The van der Waals surface area contributed by atoms with E-state index in [-0.39, 0.29) is 0 Å². The number of hydrogen-bond donors (Lipinski definition) is 2.